The van der Waals surface area contributed by atoms with Crippen LogP contribution in [0.5, 0.6) is 0 Å². The summed E-state index contributed by atoms with van der Waals surface area (Å²) in [6.45, 7) is 0. The lowest BCUT2D eigenvalue weighted by atomic mass is 10.3. The summed E-state index contributed by atoms with van der Waals surface area (Å²) in [4.78, 5) is 8.92. The van der Waals surface area contributed by atoms with E-state index in [-0.39, 0.29) is 17.0 Å². The molecule has 1 aliphatic rings. The van der Waals surface area contributed by atoms with Crippen molar-refractivity contribution in [2.75, 3.05) is 10.7 Å². The molecule has 0 N–H and O–H groups in total. The molecule has 0 unspecified atom stereocenters. The summed E-state index contributed by atoms with van der Waals surface area (Å²) in [6.07, 6.45) is 0. The monoisotopic (exact) mass is 424 g/mol. The fourth-order valence-corrected chi connectivity index (χ4v) is 3.61. The third-order valence-electron chi connectivity index (χ3n) is 2.95. The zero-order valence-electron chi connectivity index (χ0n) is 11.1. The maximum Gasteiger partial charge on any atom is 0.173 e. The molecule has 2 nitrogen and oxygen atoms in total. The van der Waals surface area contributed by atoms with E-state index >= 15 is 0 Å². The zero-order chi connectivity index (χ0) is 13.8. The minimum absolute atomic E-state index is 0. The maximum absolute atomic E-state index is 4.76. The lowest BCUT2D eigenvalue weighted by Crippen LogP contribution is -2.21. The van der Waals surface area contributed by atoms with Crippen molar-refractivity contribution in [3.63, 3.8) is 0 Å². The highest BCUT2D eigenvalue weighted by molar-refractivity contribution is 9.11. The second-order valence-corrected chi connectivity index (χ2v) is 5.69. The largest absolute Gasteiger partial charge is 0.292 e. The fraction of sp³-hybridized carbons (Fsp3) is 0.0625. The number of anilines is 1. The highest BCUT2D eigenvalue weighted by Crippen LogP contribution is 2.34. The molecule has 1 saturated heterocycles. The first-order chi connectivity index (χ1) is 9.88. The van der Waals surface area contributed by atoms with E-state index in [1.807, 2.05) is 53.5 Å². The molecule has 108 valence electrons. The van der Waals surface area contributed by atoms with Gasteiger partial charge < -0.3 is 0 Å². The van der Waals surface area contributed by atoms with Gasteiger partial charge in [-0.1, -0.05) is 64.1 Å². The normalized spacial score (nSPS) is 18.0. The minimum Gasteiger partial charge on any atom is -0.292 e. The van der Waals surface area contributed by atoms with Gasteiger partial charge in [-0.15, -0.1) is 17.0 Å². The van der Waals surface area contributed by atoms with E-state index < -0.39 is 0 Å². The Balaban J connectivity index is 0.00000161. The summed E-state index contributed by atoms with van der Waals surface area (Å²) in [5.41, 5.74) is 3.32. The fourth-order valence-electron chi connectivity index (χ4n) is 2.02. The minimum atomic E-state index is 0. The van der Waals surface area contributed by atoms with E-state index in [1.54, 1.807) is 11.8 Å². The number of para-hydroxylation sites is 2. The average molecular weight is 426 g/mol. The third kappa shape index (κ3) is 3.78. The summed E-state index contributed by atoms with van der Waals surface area (Å²) < 4.78 is 0. The Hall–Kier alpha value is -1.04. The molecule has 1 heterocycles. The number of amidine groups is 1. The second kappa shape index (κ2) is 7.82. The molecule has 3 rings (SSSR count). The standard InChI is InChI=1S/C16H13BrN2S.BrH/c17-11-15-12-20-16(18-13-7-3-1-4-8-13)19(15)14-9-5-2-6-10-14;/h1-11H,12H2;1H. The van der Waals surface area contributed by atoms with Crippen molar-refractivity contribution in [2.45, 2.75) is 0 Å². The highest BCUT2D eigenvalue weighted by Gasteiger charge is 2.25. The Bertz CT molecular complexity index is 642. The first-order valence-electron chi connectivity index (χ1n) is 6.29. The van der Waals surface area contributed by atoms with Crippen molar-refractivity contribution in [3.05, 3.63) is 71.3 Å². The van der Waals surface area contributed by atoms with E-state index in [2.05, 4.69) is 33.0 Å². The number of aliphatic imine (C=N–C) groups is 1. The van der Waals surface area contributed by atoms with Crippen LogP contribution in [0.3, 0.4) is 0 Å². The van der Waals surface area contributed by atoms with Gasteiger partial charge in [-0.2, -0.15) is 0 Å². The van der Waals surface area contributed by atoms with E-state index in [0.717, 1.165) is 22.3 Å². The van der Waals surface area contributed by atoms with Crippen LogP contribution in [-0.4, -0.2) is 10.9 Å². The summed E-state index contributed by atoms with van der Waals surface area (Å²) in [5.74, 6) is 0.922. The molecule has 0 aliphatic carbocycles. The molecular weight excluding hydrogens is 412 g/mol. The van der Waals surface area contributed by atoms with Gasteiger partial charge >= 0.3 is 0 Å². The molecule has 0 radical (unpaired) electrons. The Morgan fingerprint density at radius 1 is 1.00 bits per heavy atom. The van der Waals surface area contributed by atoms with Gasteiger partial charge in [0.1, 0.15) is 0 Å². The Kier molecular flexibility index (Phi) is 6.08. The van der Waals surface area contributed by atoms with Crippen LogP contribution in [0, 0.1) is 0 Å². The zero-order valence-corrected chi connectivity index (χ0v) is 15.3. The predicted octanol–water partition coefficient (Wildman–Crippen LogP) is 5.74. The Labute approximate surface area is 147 Å². The molecule has 1 fully saturated rings. The molecule has 0 atom stereocenters. The van der Waals surface area contributed by atoms with Gasteiger partial charge in [0.2, 0.25) is 0 Å². The van der Waals surface area contributed by atoms with Gasteiger partial charge in [-0.05, 0) is 24.3 Å². The lowest BCUT2D eigenvalue weighted by Gasteiger charge is -2.19. The van der Waals surface area contributed by atoms with E-state index in [4.69, 9.17) is 4.99 Å². The van der Waals surface area contributed by atoms with Gasteiger partial charge in [0.25, 0.3) is 0 Å². The van der Waals surface area contributed by atoms with Crippen LogP contribution in [-0.2, 0) is 0 Å². The number of halogens is 2. The number of benzene rings is 2. The molecule has 2 aromatic carbocycles. The summed E-state index contributed by atoms with van der Waals surface area (Å²) >= 11 is 5.21. The molecule has 5 heteroatoms. The van der Waals surface area contributed by atoms with Gasteiger partial charge in [0.05, 0.1) is 5.69 Å². The second-order valence-electron chi connectivity index (χ2n) is 4.29. The summed E-state index contributed by atoms with van der Waals surface area (Å²) in [6, 6.07) is 20.4. The van der Waals surface area contributed by atoms with E-state index in [9.17, 15) is 0 Å². The number of hydrogen-bond acceptors (Lipinski definition) is 2. The van der Waals surface area contributed by atoms with Gasteiger partial charge in [0.15, 0.2) is 5.17 Å². The van der Waals surface area contributed by atoms with Crippen LogP contribution in [0.2, 0.25) is 0 Å². The molecule has 1 aliphatic heterocycles. The first kappa shape index (κ1) is 16.3. The Morgan fingerprint density at radius 3 is 2.24 bits per heavy atom. The quantitative estimate of drug-likeness (QED) is 0.609. The molecule has 0 bridgehead atoms. The van der Waals surface area contributed by atoms with Gasteiger partial charge in [0, 0.05) is 22.1 Å². The molecule has 0 amide bonds. The number of hydrogen-bond donors (Lipinski definition) is 0. The van der Waals surface area contributed by atoms with E-state index in [0.29, 0.717) is 0 Å². The number of thioether (sulfide) groups is 1. The third-order valence-corrected chi connectivity index (χ3v) is 4.45. The van der Waals surface area contributed by atoms with Crippen molar-refractivity contribution in [1.29, 1.82) is 0 Å². The smallest absolute Gasteiger partial charge is 0.173 e. The molecule has 0 aromatic heterocycles. The maximum atomic E-state index is 4.76. The topological polar surface area (TPSA) is 15.6 Å². The molecule has 0 saturated carbocycles. The molecule has 0 spiro atoms. The van der Waals surface area contributed by atoms with Crippen molar-refractivity contribution in [1.82, 2.24) is 0 Å². The SMILES string of the molecule is Br.BrC=C1CSC(=Nc2ccccc2)N1c1ccccc1. The van der Waals surface area contributed by atoms with Crippen molar-refractivity contribution in [3.8, 4) is 0 Å². The molecular formula is C16H14Br2N2S. The van der Waals surface area contributed by atoms with Crippen molar-refractivity contribution < 1.29 is 0 Å². The van der Waals surface area contributed by atoms with Crippen LogP contribution in [0.1, 0.15) is 0 Å². The van der Waals surface area contributed by atoms with Crippen LogP contribution in [0.4, 0.5) is 11.4 Å². The predicted molar refractivity (Wildman–Crippen MR) is 102 cm³/mol. The number of rotatable bonds is 2. The van der Waals surface area contributed by atoms with Crippen LogP contribution >= 0.6 is 44.7 Å². The van der Waals surface area contributed by atoms with Crippen LogP contribution < -0.4 is 4.90 Å². The average Bonchev–Trinajstić information content (AvgIpc) is 2.92. The van der Waals surface area contributed by atoms with Crippen LogP contribution in [0.25, 0.3) is 0 Å². The molecule has 21 heavy (non-hydrogen) atoms. The van der Waals surface area contributed by atoms with Crippen LogP contribution in [0.15, 0.2) is 76.3 Å². The summed E-state index contributed by atoms with van der Waals surface area (Å²) in [7, 11) is 0. The lowest BCUT2D eigenvalue weighted by molar-refractivity contribution is 1.25. The van der Waals surface area contributed by atoms with Crippen molar-refractivity contribution in [2.24, 2.45) is 4.99 Å². The van der Waals surface area contributed by atoms with Gasteiger partial charge in [-0.3, -0.25) is 4.90 Å². The first-order valence-corrected chi connectivity index (χ1v) is 8.19. The number of nitrogens with zero attached hydrogens (tertiary/aromatic N) is 2. The highest BCUT2D eigenvalue weighted by atomic mass is 79.9. The summed E-state index contributed by atoms with van der Waals surface area (Å²) in [5, 5.41) is 1.01. The van der Waals surface area contributed by atoms with Gasteiger partial charge in [-0.25, -0.2) is 4.99 Å². The van der Waals surface area contributed by atoms with E-state index in [1.165, 1.54) is 5.70 Å². The Morgan fingerprint density at radius 2 is 1.62 bits per heavy atom. The van der Waals surface area contributed by atoms with Crippen molar-refractivity contribution >= 4 is 61.2 Å². The molecule has 2 aromatic rings.